The van der Waals surface area contributed by atoms with Crippen LogP contribution >= 0.6 is 0 Å². The molecule has 1 aromatic carbocycles. The molecule has 0 aromatic heterocycles. The molecule has 0 aliphatic heterocycles. The Hall–Kier alpha value is -1.37. The minimum atomic E-state index is -0.232. The molecular weight excluding hydrogens is 191 g/mol. The van der Waals surface area contributed by atoms with Crippen molar-refractivity contribution in [1.82, 2.24) is 5.32 Å². The van der Waals surface area contributed by atoms with E-state index in [0.29, 0.717) is 18.7 Å². The fourth-order valence-corrected chi connectivity index (χ4v) is 1.34. The largest absolute Gasteiger partial charge is 0.329 e. The van der Waals surface area contributed by atoms with Crippen LogP contribution in [-0.2, 0) is 0 Å². The molecule has 1 atom stereocenters. The maximum atomic E-state index is 13.4. The Morgan fingerprint density at radius 1 is 1.47 bits per heavy atom. The Morgan fingerprint density at radius 3 is 2.80 bits per heavy atom. The van der Waals surface area contributed by atoms with Crippen molar-refractivity contribution in [3.63, 3.8) is 0 Å². The van der Waals surface area contributed by atoms with Crippen LogP contribution < -0.4 is 11.1 Å². The highest BCUT2D eigenvalue weighted by Gasteiger charge is 2.11. The summed E-state index contributed by atoms with van der Waals surface area (Å²) in [5.41, 5.74) is 6.17. The summed E-state index contributed by atoms with van der Waals surface area (Å²) >= 11 is 0. The van der Waals surface area contributed by atoms with E-state index in [9.17, 15) is 4.39 Å². The van der Waals surface area contributed by atoms with E-state index in [2.05, 4.69) is 17.2 Å². The molecule has 0 aliphatic carbocycles. The van der Waals surface area contributed by atoms with E-state index in [4.69, 9.17) is 5.73 Å². The number of benzene rings is 1. The van der Waals surface area contributed by atoms with Crippen molar-refractivity contribution in [2.75, 3.05) is 13.1 Å². The molecule has 0 fully saturated rings. The van der Waals surface area contributed by atoms with Gasteiger partial charge in [-0.25, -0.2) is 4.39 Å². The zero-order valence-electron chi connectivity index (χ0n) is 8.76. The summed E-state index contributed by atoms with van der Waals surface area (Å²) in [6.07, 6.45) is 0. The molecule has 1 aromatic rings. The molecule has 2 nitrogen and oxygen atoms in total. The number of halogens is 1. The van der Waals surface area contributed by atoms with Gasteiger partial charge >= 0.3 is 0 Å². The number of nitrogens with two attached hydrogens (primary N) is 1. The second kappa shape index (κ2) is 6.18. The second-order valence-corrected chi connectivity index (χ2v) is 3.12. The van der Waals surface area contributed by atoms with Crippen LogP contribution in [0.3, 0.4) is 0 Å². The molecule has 1 rings (SSSR count). The lowest BCUT2D eigenvalue weighted by atomic mass is 10.1. The summed E-state index contributed by atoms with van der Waals surface area (Å²) in [5, 5.41) is 3.09. The van der Waals surface area contributed by atoms with E-state index in [0.717, 1.165) is 0 Å². The van der Waals surface area contributed by atoms with E-state index in [1.165, 1.54) is 6.07 Å². The number of rotatable bonds is 4. The average Bonchev–Trinajstić information content (AvgIpc) is 2.26. The predicted molar refractivity (Wildman–Crippen MR) is 59.6 cm³/mol. The van der Waals surface area contributed by atoms with Gasteiger partial charge in [-0.3, -0.25) is 5.32 Å². The quantitative estimate of drug-likeness (QED) is 0.731. The standard InChI is InChI=1S/C12H15FN2/c1-2-3-8-15-12(9-14)10-6-4-5-7-11(10)13/h4-7,12,15H,8-9,14H2,1H3. The summed E-state index contributed by atoms with van der Waals surface area (Å²) in [7, 11) is 0. The van der Waals surface area contributed by atoms with Crippen LogP contribution in [0.25, 0.3) is 0 Å². The third-order valence-corrected chi connectivity index (χ3v) is 2.13. The van der Waals surface area contributed by atoms with Crippen LogP contribution in [0.1, 0.15) is 18.5 Å². The SMILES string of the molecule is CC#CCNC(CN)c1ccccc1F. The molecule has 0 spiro atoms. The summed E-state index contributed by atoms with van der Waals surface area (Å²) in [6, 6.07) is 6.46. The van der Waals surface area contributed by atoms with Crippen molar-refractivity contribution in [3.8, 4) is 11.8 Å². The molecule has 0 amide bonds. The molecule has 0 bridgehead atoms. The lowest BCUT2D eigenvalue weighted by Crippen LogP contribution is -2.29. The summed E-state index contributed by atoms with van der Waals surface area (Å²) in [6.45, 7) is 2.64. The predicted octanol–water partition coefficient (Wildman–Crippen LogP) is 1.44. The fourth-order valence-electron chi connectivity index (χ4n) is 1.34. The molecular formula is C12H15FN2. The van der Waals surface area contributed by atoms with Crippen molar-refractivity contribution in [1.29, 1.82) is 0 Å². The topological polar surface area (TPSA) is 38.0 Å². The lowest BCUT2D eigenvalue weighted by molar-refractivity contribution is 0.530. The van der Waals surface area contributed by atoms with E-state index < -0.39 is 0 Å². The van der Waals surface area contributed by atoms with Crippen LogP contribution in [0, 0.1) is 17.7 Å². The van der Waals surface area contributed by atoms with Gasteiger partial charge in [0.2, 0.25) is 0 Å². The van der Waals surface area contributed by atoms with Gasteiger partial charge in [0.1, 0.15) is 5.82 Å². The Bertz CT molecular complexity index is 365. The second-order valence-electron chi connectivity index (χ2n) is 3.12. The lowest BCUT2D eigenvalue weighted by Gasteiger charge is -2.16. The number of hydrogen-bond acceptors (Lipinski definition) is 2. The molecule has 0 radical (unpaired) electrons. The molecule has 0 saturated carbocycles. The van der Waals surface area contributed by atoms with E-state index in [1.807, 2.05) is 0 Å². The van der Waals surface area contributed by atoms with Gasteiger partial charge in [-0.05, 0) is 13.0 Å². The van der Waals surface area contributed by atoms with Crippen molar-refractivity contribution < 1.29 is 4.39 Å². The normalized spacial score (nSPS) is 11.7. The van der Waals surface area contributed by atoms with Gasteiger partial charge in [0.15, 0.2) is 0 Å². The maximum Gasteiger partial charge on any atom is 0.128 e. The van der Waals surface area contributed by atoms with Gasteiger partial charge in [-0.15, -0.1) is 5.92 Å². The molecule has 1 unspecified atom stereocenters. The Balaban J connectivity index is 2.72. The highest BCUT2D eigenvalue weighted by atomic mass is 19.1. The first-order valence-electron chi connectivity index (χ1n) is 4.87. The molecule has 3 heteroatoms. The summed E-state index contributed by atoms with van der Waals surface area (Å²) < 4.78 is 13.4. The van der Waals surface area contributed by atoms with Crippen LogP contribution in [-0.4, -0.2) is 13.1 Å². The molecule has 0 aliphatic rings. The van der Waals surface area contributed by atoms with Crippen molar-refractivity contribution in [3.05, 3.63) is 35.6 Å². The molecule has 15 heavy (non-hydrogen) atoms. The highest BCUT2D eigenvalue weighted by molar-refractivity contribution is 5.21. The molecule has 0 heterocycles. The van der Waals surface area contributed by atoms with Crippen LogP contribution in [0.4, 0.5) is 4.39 Å². The van der Waals surface area contributed by atoms with Crippen LogP contribution in [0.2, 0.25) is 0 Å². The molecule has 0 saturated heterocycles. The van der Waals surface area contributed by atoms with Gasteiger partial charge in [0.25, 0.3) is 0 Å². The minimum Gasteiger partial charge on any atom is -0.329 e. The van der Waals surface area contributed by atoms with Gasteiger partial charge in [0.05, 0.1) is 6.54 Å². The average molecular weight is 206 g/mol. The van der Waals surface area contributed by atoms with Gasteiger partial charge in [-0.1, -0.05) is 24.1 Å². The molecule has 80 valence electrons. The first kappa shape index (κ1) is 11.7. The zero-order valence-corrected chi connectivity index (χ0v) is 8.76. The Morgan fingerprint density at radius 2 is 2.20 bits per heavy atom. The van der Waals surface area contributed by atoms with Crippen molar-refractivity contribution in [2.24, 2.45) is 5.73 Å². The number of hydrogen-bond donors (Lipinski definition) is 2. The van der Waals surface area contributed by atoms with Crippen molar-refractivity contribution >= 4 is 0 Å². The van der Waals surface area contributed by atoms with Crippen LogP contribution in [0.15, 0.2) is 24.3 Å². The van der Waals surface area contributed by atoms with Crippen LogP contribution in [0.5, 0.6) is 0 Å². The fraction of sp³-hybridized carbons (Fsp3) is 0.333. The third kappa shape index (κ3) is 3.35. The van der Waals surface area contributed by atoms with Crippen molar-refractivity contribution in [2.45, 2.75) is 13.0 Å². The zero-order chi connectivity index (χ0) is 11.1. The summed E-state index contributed by atoms with van der Waals surface area (Å²) in [4.78, 5) is 0. The third-order valence-electron chi connectivity index (χ3n) is 2.13. The van der Waals surface area contributed by atoms with E-state index in [1.54, 1.807) is 25.1 Å². The summed E-state index contributed by atoms with van der Waals surface area (Å²) in [5.74, 6) is 5.40. The monoisotopic (exact) mass is 206 g/mol. The first-order chi connectivity index (χ1) is 7.29. The highest BCUT2D eigenvalue weighted by Crippen LogP contribution is 2.15. The Labute approximate surface area is 89.7 Å². The minimum absolute atomic E-state index is 0.174. The smallest absolute Gasteiger partial charge is 0.128 e. The first-order valence-corrected chi connectivity index (χ1v) is 4.87. The van der Waals surface area contributed by atoms with E-state index >= 15 is 0 Å². The molecule has 3 N–H and O–H groups in total. The van der Waals surface area contributed by atoms with Gasteiger partial charge in [0, 0.05) is 18.2 Å². The van der Waals surface area contributed by atoms with E-state index in [-0.39, 0.29) is 11.9 Å². The van der Waals surface area contributed by atoms with Gasteiger partial charge in [-0.2, -0.15) is 0 Å². The van der Waals surface area contributed by atoms with Gasteiger partial charge < -0.3 is 5.73 Å². The maximum absolute atomic E-state index is 13.4. The Kier molecular flexibility index (Phi) is 4.82. The number of nitrogens with one attached hydrogen (secondary N) is 1.